The van der Waals surface area contributed by atoms with E-state index < -0.39 is 5.97 Å². The van der Waals surface area contributed by atoms with Crippen molar-refractivity contribution in [2.45, 2.75) is 18.9 Å². The molecule has 0 aromatic carbocycles. The molecule has 0 radical (unpaired) electrons. The van der Waals surface area contributed by atoms with Crippen molar-refractivity contribution >= 4 is 11.8 Å². The molecule has 2 heterocycles. The van der Waals surface area contributed by atoms with Crippen LogP contribution < -0.4 is 4.90 Å². The maximum absolute atomic E-state index is 10.6. The Bertz CT molecular complexity index is 387. The van der Waals surface area contributed by atoms with Crippen molar-refractivity contribution in [1.82, 2.24) is 10.2 Å². The predicted octanol–water partition coefficient (Wildman–Crippen LogP) is 0.790. The average molecular weight is 237 g/mol. The first-order valence-corrected chi connectivity index (χ1v) is 5.56. The largest absolute Gasteiger partial charge is 0.476 e. The fraction of sp³-hybridized carbons (Fsp3) is 0.545. The fourth-order valence-electron chi connectivity index (χ4n) is 1.83. The number of hydrogen-bond donors (Lipinski definition) is 1. The Balaban J connectivity index is 1.98. The number of nitrogens with zero attached hydrogens (tertiary/aromatic N) is 3. The van der Waals surface area contributed by atoms with Crippen molar-refractivity contribution in [2.24, 2.45) is 0 Å². The molecule has 1 atom stereocenters. The Morgan fingerprint density at radius 2 is 2.41 bits per heavy atom. The number of likely N-dealkylation sites (N-methyl/N-ethyl adjacent to an activating group) is 1. The Morgan fingerprint density at radius 1 is 1.59 bits per heavy atom. The van der Waals surface area contributed by atoms with Crippen LogP contribution in [-0.4, -0.2) is 47.6 Å². The van der Waals surface area contributed by atoms with Crippen LogP contribution >= 0.6 is 0 Å². The number of carboxylic acids is 1. The molecule has 1 unspecified atom stereocenters. The third kappa shape index (κ3) is 2.91. The van der Waals surface area contributed by atoms with Crippen LogP contribution in [0.25, 0.3) is 0 Å². The molecular weight excluding hydrogens is 222 g/mol. The van der Waals surface area contributed by atoms with Gasteiger partial charge in [-0.05, 0) is 25.0 Å². The highest BCUT2D eigenvalue weighted by Gasteiger charge is 2.18. The summed E-state index contributed by atoms with van der Waals surface area (Å²) in [7, 11) is 1.89. The first kappa shape index (κ1) is 11.8. The normalized spacial score (nSPS) is 19.2. The smallest absolute Gasteiger partial charge is 0.356 e. The highest BCUT2D eigenvalue weighted by Crippen LogP contribution is 2.15. The highest BCUT2D eigenvalue weighted by atomic mass is 16.5. The van der Waals surface area contributed by atoms with Crippen molar-refractivity contribution in [1.29, 1.82) is 0 Å². The van der Waals surface area contributed by atoms with Gasteiger partial charge in [0.1, 0.15) is 0 Å². The summed E-state index contributed by atoms with van der Waals surface area (Å²) >= 11 is 0. The van der Waals surface area contributed by atoms with E-state index in [2.05, 4.69) is 10.2 Å². The van der Waals surface area contributed by atoms with E-state index in [1.807, 2.05) is 11.9 Å². The molecule has 1 aliphatic rings. The van der Waals surface area contributed by atoms with Crippen LogP contribution in [-0.2, 0) is 4.74 Å². The summed E-state index contributed by atoms with van der Waals surface area (Å²) in [6.45, 7) is 1.57. The maximum Gasteiger partial charge on any atom is 0.356 e. The minimum atomic E-state index is -1.06. The van der Waals surface area contributed by atoms with Gasteiger partial charge in [0, 0.05) is 20.2 Å². The molecule has 1 aromatic heterocycles. The van der Waals surface area contributed by atoms with Crippen LogP contribution in [0.3, 0.4) is 0 Å². The van der Waals surface area contributed by atoms with Gasteiger partial charge in [-0.15, -0.1) is 10.2 Å². The van der Waals surface area contributed by atoms with Gasteiger partial charge in [0.2, 0.25) is 0 Å². The Labute approximate surface area is 99.2 Å². The van der Waals surface area contributed by atoms with E-state index in [0.717, 1.165) is 26.0 Å². The molecule has 17 heavy (non-hydrogen) atoms. The van der Waals surface area contributed by atoms with E-state index in [1.165, 1.54) is 6.07 Å². The Hall–Kier alpha value is -1.69. The van der Waals surface area contributed by atoms with Gasteiger partial charge in [0.05, 0.1) is 6.10 Å². The molecule has 0 aliphatic carbocycles. The zero-order chi connectivity index (χ0) is 12.3. The number of ether oxygens (including phenoxy) is 1. The second-order valence-corrected chi connectivity index (χ2v) is 4.10. The van der Waals surface area contributed by atoms with E-state index in [-0.39, 0.29) is 11.8 Å². The predicted molar refractivity (Wildman–Crippen MR) is 61.2 cm³/mol. The molecule has 1 fully saturated rings. The van der Waals surface area contributed by atoms with Crippen LogP contribution in [0.15, 0.2) is 12.1 Å². The molecule has 6 heteroatoms. The number of anilines is 1. The van der Waals surface area contributed by atoms with Crippen LogP contribution in [0.1, 0.15) is 23.3 Å². The first-order valence-electron chi connectivity index (χ1n) is 5.56. The molecule has 1 aromatic rings. The van der Waals surface area contributed by atoms with Gasteiger partial charge in [-0.1, -0.05) is 0 Å². The van der Waals surface area contributed by atoms with Gasteiger partial charge in [0.15, 0.2) is 11.5 Å². The highest BCUT2D eigenvalue weighted by molar-refractivity contribution is 5.85. The lowest BCUT2D eigenvalue weighted by Gasteiger charge is -2.20. The lowest BCUT2D eigenvalue weighted by molar-refractivity contribution is 0.0689. The quantitative estimate of drug-likeness (QED) is 0.834. The Morgan fingerprint density at radius 3 is 2.94 bits per heavy atom. The fourth-order valence-corrected chi connectivity index (χ4v) is 1.83. The molecule has 6 nitrogen and oxygen atoms in total. The van der Waals surface area contributed by atoms with Gasteiger partial charge < -0.3 is 14.7 Å². The summed E-state index contributed by atoms with van der Waals surface area (Å²) in [6.07, 6.45) is 2.40. The Kier molecular flexibility index (Phi) is 3.53. The van der Waals surface area contributed by atoms with Gasteiger partial charge in [-0.2, -0.15) is 0 Å². The monoisotopic (exact) mass is 237 g/mol. The molecule has 0 saturated carbocycles. The second-order valence-electron chi connectivity index (χ2n) is 4.10. The van der Waals surface area contributed by atoms with Crippen LogP contribution in [0.4, 0.5) is 5.82 Å². The molecule has 1 N–H and O–H groups in total. The first-order chi connectivity index (χ1) is 8.16. The van der Waals surface area contributed by atoms with Crippen molar-refractivity contribution in [3.05, 3.63) is 17.8 Å². The van der Waals surface area contributed by atoms with Crippen molar-refractivity contribution < 1.29 is 14.6 Å². The topological polar surface area (TPSA) is 75.5 Å². The zero-order valence-electron chi connectivity index (χ0n) is 9.67. The van der Waals surface area contributed by atoms with Crippen LogP contribution in [0.2, 0.25) is 0 Å². The molecule has 2 rings (SSSR count). The molecule has 0 spiro atoms. The summed E-state index contributed by atoms with van der Waals surface area (Å²) in [4.78, 5) is 12.5. The van der Waals surface area contributed by atoms with E-state index in [1.54, 1.807) is 6.07 Å². The number of carbonyl (C=O) groups is 1. The standard InChI is InChI=1S/C11H15N3O3/c1-14(7-8-3-2-6-17-8)10-5-4-9(11(15)16)12-13-10/h4-5,8H,2-3,6-7H2,1H3,(H,15,16). The molecule has 1 saturated heterocycles. The van der Waals surface area contributed by atoms with Crippen LogP contribution in [0, 0.1) is 0 Å². The summed E-state index contributed by atoms with van der Waals surface area (Å²) in [5.74, 6) is -0.406. The minimum Gasteiger partial charge on any atom is -0.476 e. The van der Waals surface area contributed by atoms with E-state index in [4.69, 9.17) is 9.84 Å². The second kappa shape index (κ2) is 5.09. The average Bonchev–Trinajstić information content (AvgIpc) is 2.82. The van der Waals surface area contributed by atoms with Gasteiger partial charge in [-0.25, -0.2) is 4.79 Å². The lowest BCUT2D eigenvalue weighted by Crippen LogP contribution is -2.29. The van der Waals surface area contributed by atoms with E-state index in [0.29, 0.717) is 5.82 Å². The van der Waals surface area contributed by atoms with Crippen molar-refractivity contribution in [3.63, 3.8) is 0 Å². The van der Waals surface area contributed by atoms with Gasteiger partial charge >= 0.3 is 5.97 Å². The number of aromatic carboxylic acids is 1. The molecule has 92 valence electrons. The van der Waals surface area contributed by atoms with Crippen molar-refractivity contribution in [2.75, 3.05) is 25.1 Å². The summed E-state index contributed by atoms with van der Waals surface area (Å²) in [5, 5.41) is 16.2. The van der Waals surface area contributed by atoms with E-state index >= 15 is 0 Å². The number of aromatic nitrogens is 2. The minimum absolute atomic E-state index is 0.0423. The summed E-state index contributed by atoms with van der Waals surface area (Å²) < 4.78 is 5.52. The summed E-state index contributed by atoms with van der Waals surface area (Å²) in [5.41, 5.74) is -0.0423. The third-order valence-electron chi connectivity index (χ3n) is 2.76. The molecular formula is C11H15N3O3. The number of hydrogen-bond acceptors (Lipinski definition) is 5. The van der Waals surface area contributed by atoms with Crippen LogP contribution in [0.5, 0.6) is 0 Å². The molecule has 0 bridgehead atoms. The number of carboxylic acid groups (broad SMARTS) is 1. The molecule has 0 amide bonds. The van der Waals surface area contributed by atoms with Gasteiger partial charge in [-0.3, -0.25) is 0 Å². The third-order valence-corrected chi connectivity index (χ3v) is 2.76. The van der Waals surface area contributed by atoms with E-state index in [9.17, 15) is 4.79 Å². The van der Waals surface area contributed by atoms with Gasteiger partial charge in [0.25, 0.3) is 0 Å². The summed E-state index contributed by atoms with van der Waals surface area (Å²) in [6, 6.07) is 3.11. The van der Waals surface area contributed by atoms with Crippen molar-refractivity contribution in [3.8, 4) is 0 Å². The lowest BCUT2D eigenvalue weighted by atomic mass is 10.2. The molecule has 1 aliphatic heterocycles. The maximum atomic E-state index is 10.6. The SMILES string of the molecule is CN(CC1CCCO1)c1ccc(C(=O)O)nn1. The zero-order valence-corrected chi connectivity index (χ0v) is 9.67. The number of rotatable bonds is 4.